The summed E-state index contributed by atoms with van der Waals surface area (Å²) in [5.74, 6) is 0.343. The Hall–Kier alpha value is -3.04. The number of amidine groups is 1. The normalized spacial score (nSPS) is 17.2. The van der Waals surface area contributed by atoms with Gasteiger partial charge in [0.2, 0.25) is 0 Å². The Balaban J connectivity index is 0.000000323. The molecule has 3 aliphatic heterocycles. The van der Waals surface area contributed by atoms with E-state index in [1.54, 1.807) is 42.7 Å². The van der Waals surface area contributed by atoms with Crippen LogP contribution in [0, 0.1) is 16.7 Å². The molecule has 9 rings (SSSR count). The maximum Gasteiger partial charge on any atom is 1.00 e. The fourth-order valence-corrected chi connectivity index (χ4v) is 9.13. The summed E-state index contributed by atoms with van der Waals surface area (Å²) in [6.07, 6.45) is -7.15. The van der Waals surface area contributed by atoms with Crippen molar-refractivity contribution in [1.82, 2.24) is 14.9 Å². The van der Waals surface area contributed by atoms with Gasteiger partial charge in [0, 0.05) is 80.4 Å². The van der Waals surface area contributed by atoms with Gasteiger partial charge in [-0.2, -0.15) is 31.6 Å². The van der Waals surface area contributed by atoms with Crippen LogP contribution < -0.4 is 114 Å². The molecule has 382 valence electrons. The maximum atomic E-state index is 14.3. The predicted molar refractivity (Wildman–Crippen MR) is 264 cm³/mol. The van der Waals surface area contributed by atoms with Gasteiger partial charge in [-0.25, -0.2) is 0 Å². The van der Waals surface area contributed by atoms with Gasteiger partial charge in [-0.05, 0) is 101 Å². The number of alkyl halides is 7. The number of nitriles is 1. The van der Waals surface area contributed by atoms with Crippen LogP contribution in [0.25, 0.3) is 0 Å². The maximum absolute atomic E-state index is 14.3. The number of pyridine rings is 2. The van der Waals surface area contributed by atoms with Crippen LogP contribution >= 0.6 is 62.3 Å². The van der Waals surface area contributed by atoms with Crippen molar-refractivity contribution in [1.29, 1.82) is 10.7 Å². The van der Waals surface area contributed by atoms with E-state index in [0.29, 0.717) is 53.1 Å². The number of oxime groups is 2. The number of carbonyl (C=O) groups excluding carboxylic acids is 1. The average molecular weight is 1230 g/mol. The van der Waals surface area contributed by atoms with Gasteiger partial charge in [0.15, 0.2) is 0 Å². The number of carbonyl (C=O) groups is 1. The first kappa shape index (κ1) is 64.5. The van der Waals surface area contributed by atoms with E-state index in [4.69, 9.17) is 82.5 Å². The van der Waals surface area contributed by atoms with Gasteiger partial charge in [0.05, 0.1) is 41.0 Å². The van der Waals surface area contributed by atoms with E-state index in [-0.39, 0.29) is 153 Å². The standard InChI is InChI=1S/C24H17Cl2F3N4O.C18H10BrCl2F3N2O.C6H8N2.CH2O3.2K.H/c25-17-8-16(9-18(26)10-17)23(24(27,28)29)11-21(32-34-23)14-4-5-20-15(7-14)12-33(22(20)30)13-19-3-1-2-6-31-19;19-8-12-3-10(1-2-11(12)9-25)16-7-17(27-26-16,18(22,23)24)13-4-14(20)6-15(21)5-13;7-5-6-3-1-2-4-8-6;2-1-4-3;;;/h1-10,30H,11-13H2;1-6H,7-8H2;1-4H,5,7H2;1,3H;;;/q;;;;2*+1;-1/p-1. The fourth-order valence-electron chi connectivity index (χ4n) is 7.62. The van der Waals surface area contributed by atoms with Crippen LogP contribution in [0.1, 0.15) is 70.2 Å². The van der Waals surface area contributed by atoms with Gasteiger partial charge in [-0.3, -0.25) is 20.2 Å². The van der Waals surface area contributed by atoms with E-state index >= 15 is 0 Å². The first-order valence-electron chi connectivity index (χ1n) is 21.1. The van der Waals surface area contributed by atoms with Gasteiger partial charge < -0.3 is 31.9 Å². The zero-order valence-corrected chi connectivity index (χ0v) is 50.2. The predicted octanol–water partition coefficient (Wildman–Crippen LogP) is 5.75. The van der Waals surface area contributed by atoms with Crippen LogP contribution in [0.15, 0.2) is 132 Å². The summed E-state index contributed by atoms with van der Waals surface area (Å²) in [7, 11) is 0. The van der Waals surface area contributed by atoms with E-state index < -0.39 is 36.4 Å². The van der Waals surface area contributed by atoms with Crippen LogP contribution in [-0.2, 0) is 55.5 Å². The smallest absolute Gasteiger partial charge is 1.00 e. The minimum Gasteiger partial charge on any atom is -1.00 e. The Morgan fingerprint density at radius 2 is 1.24 bits per heavy atom. The largest absolute Gasteiger partial charge is 1.00 e. The molecule has 75 heavy (non-hydrogen) atoms. The molecule has 0 saturated heterocycles. The quantitative estimate of drug-likeness (QED) is 0.0450. The van der Waals surface area contributed by atoms with Crippen LogP contribution in [0.3, 0.4) is 0 Å². The SMILES string of the molecule is N#Cc1ccc(C2=NOC(c3cc(Cl)cc(Cl)c3)(C(F)(F)F)C2)cc1CBr.N=C1c2ccc(C3=NOC(c4cc(Cl)cc(Cl)c4)(C(F)(F)F)C3)cc2CN1Cc1ccccn1.NCc1ccccn1.O=CO[O-].[H-].[K+].[K+]. The van der Waals surface area contributed by atoms with Gasteiger partial charge in [0.25, 0.3) is 17.7 Å². The van der Waals surface area contributed by atoms with E-state index in [0.717, 1.165) is 22.5 Å². The zero-order valence-electron chi connectivity index (χ0n) is 40.3. The van der Waals surface area contributed by atoms with Crippen LogP contribution in [0.5, 0.6) is 0 Å². The Bertz CT molecular complexity index is 3040. The van der Waals surface area contributed by atoms with E-state index in [1.807, 2.05) is 47.4 Å². The molecule has 0 fully saturated rings. The molecule has 3 aliphatic rings. The molecule has 2 aromatic heterocycles. The number of rotatable bonds is 9. The number of hydrogen-bond donors (Lipinski definition) is 2. The first-order chi connectivity index (χ1) is 34.7. The van der Waals surface area contributed by atoms with Gasteiger partial charge in [-0.15, -0.1) is 0 Å². The summed E-state index contributed by atoms with van der Waals surface area (Å²) in [6, 6.07) is 30.6. The van der Waals surface area contributed by atoms with Crippen LogP contribution in [0.2, 0.25) is 20.1 Å². The molecular formula is C49H37BrCl4F6K2N8O5. The Kier molecular flexibility index (Phi) is 24.7. The molecule has 13 nitrogen and oxygen atoms in total. The number of benzene rings is 4. The van der Waals surface area contributed by atoms with E-state index in [9.17, 15) is 26.3 Å². The molecule has 0 amide bonds. The second-order valence-corrected chi connectivity index (χ2v) is 18.1. The fraction of sp³-hybridized carbons (Fsp3) is 0.204. The Labute approximate surface area is 540 Å². The first-order valence-corrected chi connectivity index (χ1v) is 23.7. The monoisotopic (exact) mass is 1230 g/mol. The Morgan fingerprint density at radius 3 is 1.64 bits per heavy atom. The van der Waals surface area contributed by atoms with E-state index in [1.165, 1.54) is 42.5 Å². The van der Waals surface area contributed by atoms with Crippen molar-refractivity contribution in [2.24, 2.45) is 16.0 Å². The molecule has 3 N–H and O–H groups in total. The number of hydrogen-bond acceptors (Lipinski definition) is 12. The number of nitrogens with zero attached hydrogens (tertiary/aromatic N) is 6. The van der Waals surface area contributed by atoms with Crippen molar-refractivity contribution in [3.05, 3.63) is 198 Å². The molecule has 0 spiro atoms. The van der Waals surface area contributed by atoms with E-state index in [2.05, 4.69) is 41.1 Å². The Morgan fingerprint density at radius 1 is 0.773 bits per heavy atom. The number of fused-ring (bicyclic) bond motifs is 1. The minimum atomic E-state index is -4.76. The number of halogens is 11. The third-order valence-electron chi connectivity index (χ3n) is 11.2. The third-order valence-corrected chi connectivity index (χ3v) is 12.6. The summed E-state index contributed by atoms with van der Waals surface area (Å²) in [6.45, 7) is 1.25. The van der Waals surface area contributed by atoms with Gasteiger partial charge >= 0.3 is 115 Å². The van der Waals surface area contributed by atoms with Gasteiger partial charge in [0.1, 0.15) is 5.84 Å². The van der Waals surface area contributed by atoms with Crippen molar-refractivity contribution >= 4 is 86.1 Å². The summed E-state index contributed by atoms with van der Waals surface area (Å²) in [5.41, 5.74) is 5.11. The molecule has 26 heteroatoms. The second-order valence-electron chi connectivity index (χ2n) is 15.8. The molecule has 0 bridgehead atoms. The van der Waals surface area contributed by atoms with Gasteiger partial charge in [-0.1, -0.05) is 103 Å². The molecule has 4 aromatic carbocycles. The third kappa shape index (κ3) is 15.8. The van der Waals surface area contributed by atoms with Crippen LogP contribution in [0.4, 0.5) is 26.3 Å². The minimum absolute atomic E-state index is 0. The molecule has 0 radical (unpaired) electrons. The molecule has 6 aromatic rings. The molecule has 2 atom stereocenters. The van der Waals surface area contributed by atoms with Crippen molar-refractivity contribution in [2.75, 3.05) is 0 Å². The van der Waals surface area contributed by atoms with Crippen molar-refractivity contribution < 1.29 is 155 Å². The molecule has 0 aliphatic carbocycles. The molecular weight excluding hydrogens is 1190 g/mol. The number of aromatic nitrogens is 2. The molecule has 5 heterocycles. The van der Waals surface area contributed by atoms with Crippen molar-refractivity contribution in [3.8, 4) is 6.07 Å². The van der Waals surface area contributed by atoms with Crippen molar-refractivity contribution in [3.63, 3.8) is 0 Å². The number of nitrogens with one attached hydrogen (secondary N) is 1. The average Bonchev–Trinajstić information content (AvgIpc) is 4.12. The number of nitrogens with two attached hydrogens (primary N) is 1. The topological polar surface area (TPSA) is 195 Å². The van der Waals surface area contributed by atoms with Crippen molar-refractivity contribution in [2.45, 2.75) is 61.4 Å². The summed E-state index contributed by atoms with van der Waals surface area (Å²) in [4.78, 5) is 31.4. The zero-order chi connectivity index (χ0) is 53.1. The van der Waals surface area contributed by atoms with Crippen LogP contribution in [-0.4, -0.2) is 51.0 Å². The second kappa shape index (κ2) is 28.7. The summed E-state index contributed by atoms with van der Waals surface area (Å²) < 4.78 is 84.7. The molecule has 2 unspecified atom stereocenters. The summed E-state index contributed by atoms with van der Waals surface area (Å²) >= 11 is 27.0. The molecule has 0 saturated carbocycles. The summed E-state index contributed by atoms with van der Waals surface area (Å²) in [5, 5.41) is 34.2.